The lowest BCUT2D eigenvalue weighted by Gasteiger charge is -2.26. The number of nitrogens with one attached hydrogen (secondary N) is 1. The van der Waals surface area contributed by atoms with Crippen molar-refractivity contribution in [2.75, 3.05) is 6.54 Å². The van der Waals surface area contributed by atoms with E-state index in [1.165, 1.54) is 24.0 Å². The summed E-state index contributed by atoms with van der Waals surface area (Å²) in [7, 11) is 0. The zero-order valence-corrected chi connectivity index (χ0v) is 10.4. The molecule has 88 valence electrons. The van der Waals surface area contributed by atoms with Crippen LogP contribution in [0.15, 0.2) is 18.2 Å². The Hall–Kier alpha value is -0.860. The van der Waals surface area contributed by atoms with E-state index in [9.17, 15) is 5.11 Å². The first kappa shape index (κ1) is 11.6. The monoisotopic (exact) mass is 219 g/mol. The number of aryl methyl sites for hydroxylation is 2. The van der Waals surface area contributed by atoms with Crippen LogP contribution in [0.5, 0.6) is 0 Å². The standard InChI is InChI=1S/C14H21NO/c1-10-4-7-13(11(2)8-10)14(3,16)9-15-12-5-6-12/h4,7-8,12,15-16H,5-6,9H2,1-3H3. The van der Waals surface area contributed by atoms with Gasteiger partial charge in [-0.25, -0.2) is 0 Å². The maximum Gasteiger partial charge on any atom is 0.0994 e. The smallest absolute Gasteiger partial charge is 0.0994 e. The average molecular weight is 219 g/mol. The van der Waals surface area contributed by atoms with Crippen molar-refractivity contribution in [2.24, 2.45) is 0 Å². The molecule has 0 bridgehead atoms. The number of rotatable bonds is 4. The molecule has 2 nitrogen and oxygen atoms in total. The minimum absolute atomic E-state index is 0.636. The lowest BCUT2D eigenvalue weighted by atomic mass is 9.91. The van der Waals surface area contributed by atoms with E-state index >= 15 is 0 Å². The summed E-state index contributed by atoms with van der Waals surface area (Å²) in [6.07, 6.45) is 2.51. The van der Waals surface area contributed by atoms with Crippen molar-refractivity contribution in [3.05, 3.63) is 34.9 Å². The van der Waals surface area contributed by atoms with E-state index in [2.05, 4.69) is 31.3 Å². The zero-order valence-electron chi connectivity index (χ0n) is 10.4. The van der Waals surface area contributed by atoms with Crippen LogP contribution in [-0.2, 0) is 5.60 Å². The Labute approximate surface area is 97.7 Å². The molecule has 2 rings (SSSR count). The van der Waals surface area contributed by atoms with Gasteiger partial charge in [0, 0.05) is 12.6 Å². The molecule has 2 N–H and O–H groups in total. The van der Waals surface area contributed by atoms with Gasteiger partial charge >= 0.3 is 0 Å². The van der Waals surface area contributed by atoms with E-state index in [-0.39, 0.29) is 0 Å². The summed E-state index contributed by atoms with van der Waals surface area (Å²) in [5.74, 6) is 0. The van der Waals surface area contributed by atoms with Crippen molar-refractivity contribution in [3.8, 4) is 0 Å². The Balaban J connectivity index is 2.12. The molecule has 1 unspecified atom stereocenters. The van der Waals surface area contributed by atoms with E-state index in [4.69, 9.17) is 0 Å². The second kappa shape index (κ2) is 4.19. The molecule has 1 aliphatic carbocycles. The summed E-state index contributed by atoms with van der Waals surface area (Å²) in [4.78, 5) is 0. The SMILES string of the molecule is Cc1ccc(C(C)(O)CNC2CC2)c(C)c1. The second-order valence-corrected chi connectivity index (χ2v) is 5.25. The molecule has 0 saturated heterocycles. The van der Waals surface area contributed by atoms with Crippen molar-refractivity contribution in [2.45, 2.75) is 45.3 Å². The summed E-state index contributed by atoms with van der Waals surface area (Å²) < 4.78 is 0. The summed E-state index contributed by atoms with van der Waals surface area (Å²) >= 11 is 0. The van der Waals surface area contributed by atoms with Crippen LogP contribution in [0.1, 0.15) is 36.5 Å². The molecule has 0 aromatic heterocycles. The number of hydrogen-bond donors (Lipinski definition) is 2. The van der Waals surface area contributed by atoms with E-state index in [1.807, 2.05) is 13.0 Å². The maximum atomic E-state index is 10.5. The fraction of sp³-hybridized carbons (Fsp3) is 0.571. The zero-order chi connectivity index (χ0) is 11.8. The fourth-order valence-corrected chi connectivity index (χ4v) is 2.14. The topological polar surface area (TPSA) is 32.3 Å². The van der Waals surface area contributed by atoms with Crippen molar-refractivity contribution in [1.29, 1.82) is 0 Å². The first-order valence-electron chi connectivity index (χ1n) is 6.02. The van der Waals surface area contributed by atoms with Gasteiger partial charge in [-0.1, -0.05) is 23.8 Å². The first-order chi connectivity index (χ1) is 7.49. The third-order valence-electron chi connectivity index (χ3n) is 3.27. The van der Waals surface area contributed by atoms with E-state index in [1.54, 1.807) is 0 Å². The molecular weight excluding hydrogens is 198 g/mol. The number of hydrogen-bond acceptors (Lipinski definition) is 2. The highest BCUT2D eigenvalue weighted by atomic mass is 16.3. The average Bonchev–Trinajstić information content (AvgIpc) is 2.97. The molecule has 1 aliphatic rings. The Morgan fingerprint density at radius 2 is 2.06 bits per heavy atom. The quantitative estimate of drug-likeness (QED) is 0.814. The first-order valence-corrected chi connectivity index (χ1v) is 6.02. The van der Waals surface area contributed by atoms with Crippen molar-refractivity contribution in [1.82, 2.24) is 5.32 Å². The van der Waals surface area contributed by atoms with Crippen molar-refractivity contribution in [3.63, 3.8) is 0 Å². The molecule has 2 heteroatoms. The van der Waals surface area contributed by atoms with Crippen LogP contribution in [0, 0.1) is 13.8 Å². The molecule has 16 heavy (non-hydrogen) atoms. The Morgan fingerprint density at radius 3 is 2.62 bits per heavy atom. The molecule has 0 spiro atoms. The van der Waals surface area contributed by atoms with Crippen LogP contribution in [-0.4, -0.2) is 17.7 Å². The molecule has 1 fully saturated rings. The third kappa shape index (κ3) is 2.63. The minimum Gasteiger partial charge on any atom is -0.384 e. The largest absolute Gasteiger partial charge is 0.384 e. The van der Waals surface area contributed by atoms with E-state index < -0.39 is 5.60 Å². The molecule has 1 aromatic carbocycles. The number of aliphatic hydroxyl groups is 1. The van der Waals surface area contributed by atoms with Gasteiger partial charge in [-0.05, 0) is 44.7 Å². The second-order valence-electron chi connectivity index (χ2n) is 5.25. The van der Waals surface area contributed by atoms with Crippen LogP contribution in [0.3, 0.4) is 0 Å². The van der Waals surface area contributed by atoms with Crippen LogP contribution >= 0.6 is 0 Å². The molecule has 1 atom stereocenters. The van der Waals surface area contributed by atoms with Gasteiger partial charge in [-0.3, -0.25) is 0 Å². The molecule has 0 aliphatic heterocycles. The summed E-state index contributed by atoms with van der Waals surface area (Å²) in [6, 6.07) is 6.87. The van der Waals surface area contributed by atoms with Gasteiger partial charge in [0.25, 0.3) is 0 Å². The molecule has 1 aromatic rings. The highest BCUT2D eigenvalue weighted by Crippen LogP contribution is 2.26. The number of benzene rings is 1. The Kier molecular flexibility index (Phi) is 3.04. The Bertz CT molecular complexity index is 380. The molecule has 1 saturated carbocycles. The maximum absolute atomic E-state index is 10.5. The molecule has 0 radical (unpaired) electrons. The van der Waals surface area contributed by atoms with Gasteiger partial charge in [-0.15, -0.1) is 0 Å². The molecular formula is C14H21NO. The van der Waals surface area contributed by atoms with Gasteiger partial charge in [0.2, 0.25) is 0 Å². The third-order valence-corrected chi connectivity index (χ3v) is 3.27. The predicted molar refractivity (Wildman–Crippen MR) is 66.5 cm³/mol. The lowest BCUT2D eigenvalue weighted by molar-refractivity contribution is 0.0559. The minimum atomic E-state index is -0.764. The lowest BCUT2D eigenvalue weighted by Crippen LogP contribution is -2.37. The van der Waals surface area contributed by atoms with Crippen molar-refractivity contribution >= 4 is 0 Å². The van der Waals surface area contributed by atoms with Crippen LogP contribution in [0.4, 0.5) is 0 Å². The van der Waals surface area contributed by atoms with Crippen molar-refractivity contribution < 1.29 is 5.11 Å². The van der Waals surface area contributed by atoms with Gasteiger partial charge < -0.3 is 10.4 Å². The summed E-state index contributed by atoms with van der Waals surface area (Å²) in [5, 5.41) is 13.9. The summed E-state index contributed by atoms with van der Waals surface area (Å²) in [6.45, 7) is 6.67. The summed E-state index contributed by atoms with van der Waals surface area (Å²) in [5.41, 5.74) is 2.68. The predicted octanol–water partition coefficient (Wildman–Crippen LogP) is 2.26. The van der Waals surface area contributed by atoms with Gasteiger partial charge in [0.15, 0.2) is 0 Å². The molecule has 0 amide bonds. The Morgan fingerprint density at radius 1 is 1.38 bits per heavy atom. The molecule has 0 heterocycles. The highest BCUT2D eigenvalue weighted by molar-refractivity contribution is 5.34. The van der Waals surface area contributed by atoms with Gasteiger partial charge in [-0.2, -0.15) is 0 Å². The normalized spacial score (nSPS) is 19.5. The van der Waals surface area contributed by atoms with Crippen LogP contribution < -0.4 is 5.32 Å². The van der Waals surface area contributed by atoms with Gasteiger partial charge in [0.1, 0.15) is 0 Å². The van der Waals surface area contributed by atoms with E-state index in [0.717, 1.165) is 5.56 Å². The van der Waals surface area contributed by atoms with E-state index in [0.29, 0.717) is 12.6 Å². The fourth-order valence-electron chi connectivity index (χ4n) is 2.14. The van der Waals surface area contributed by atoms with Crippen LogP contribution in [0.2, 0.25) is 0 Å². The highest BCUT2D eigenvalue weighted by Gasteiger charge is 2.28. The van der Waals surface area contributed by atoms with Crippen LogP contribution in [0.25, 0.3) is 0 Å². The van der Waals surface area contributed by atoms with Gasteiger partial charge in [0.05, 0.1) is 5.60 Å².